The molecule has 0 aliphatic rings. The molecular weight excluding hydrogens is 242 g/mol. The molecule has 0 fully saturated rings. The first-order chi connectivity index (χ1) is 7.65. The Kier molecular flexibility index (Phi) is 3.46. The first-order valence-corrected chi connectivity index (χ1v) is 6.24. The Labute approximate surface area is 104 Å². The second kappa shape index (κ2) is 4.85. The number of thioether (sulfide) groups is 1. The molecule has 2 nitrogen and oxygen atoms in total. The van der Waals surface area contributed by atoms with Crippen molar-refractivity contribution in [1.82, 2.24) is 0 Å². The van der Waals surface area contributed by atoms with Crippen molar-refractivity contribution in [2.75, 3.05) is 5.73 Å². The molecule has 0 aliphatic carbocycles. The molecule has 1 aromatic carbocycles. The summed E-state index contributed by atoms with van der Waals surface area (Å²) in [4.78, 5) is 1.02. The molecule has 16 heavy (non-hydrogen) atoms. The maximum Gasteiger partial charge on any atom is 0.114 e. The molecular formula is C12H12ClNOS. The van der Waals surface area contributed by atoms with Crippen molar-refractivity contribution < 1.29 is 4.42 Å². The highest BCUT2D eigenvalue weighted by molar-refractivity contribution is 7.98. The zero-order valence-electron chi connectivity index (χ0n) is 8.87. The summed E-state index contributed by atoms with van der Waals surface area (Å²) >= 11 is 7.71. The Bertz CT molecular complexity index is 496. The minimum Gasteiger partial charge on any atom is -0.465 e. The van der Waals surface area contributed by atoms with Crippen molar-refractivity contribution in [3.8, 4) is 0 Å². The lowest BCUT2D eigenvalue weighted by molar-refractivity contribution is 0.501. The van der Waals surface area contributed by atoms with E-state index in [0.29, 0.717) is 10.7 Å². The summed E-state index contributed by atoms with van der Waals surface area (Å²) in [5.74, 6) is 2.66. The molecule has 2 aromatic rings. The van der Waals surface area contributed by atoms with E-state index in [1.807, 2.05) is 31.2 Å². The van der Waals surface area contributed by atoms with Crippen molar-refractivity contribution in [2.45, 2.75) is 17.6 Å². The largest absolute Gasteiger partial charge is 0.465 e. The van der Waals surface area contributed by atoms with E-state index in [4.69, 9.17) is 21.8 Å². The van der Waals surface area contributed by atoms with E-state index < -0.39 is 0 Å². The summed E-state index contributed by atoms with van der Waals surface area (Å²) in [6.07, 6.45) is 0. The van der Waals surface area contributed by atoms with Crippen LogP contribution in [0.3, 0.4) is 0 Å². The van der Waals surface area contributed by atoms with Crippen LogP contribution in [0.1, 0.15) is 11.5 Å². The van der Waals surface area contributed by atoms with Gasteiger partial charge in [0.15, 0.2) is 0 Å². The van der Waals surface area contributed by atoms with Gasteiger partial charge in [0.05, 0.1) is 10.8 Å². The van der Waals surface area contributed by atoms with Gasteiger partial charge in [0, 0.05) is 10.6 Å². The molecule has 0 amide bonds. The maximum atomic E-state index is 6.07. The molecule has 2 rings (SSSR count). The number of hydrogen-bond acceptors (Lipinski definition) is 3. The molecule has 0 unspecified atom stereocenters. The summed E-state index contributed by atoms with van der Waals surface area (Å²) in [6, 6.07) is 9.48. The first-order valence-electron chi connectivity index (χ1n) is 4.88. The third kappa shape index (κ3) is 2.74. The molecule has 1 aromatic heterocycles. The van der Waals surface area contributed by atoms with E-state index in [0.717, 1.165) is 22.2 Å². The van der Waals surface area contributed by atoms with E-state index in [2.05, 4.69) is 0 Å². The van der Waals surface area contributed by atoms with Gasteiger partial charge in [-0.1, -0.05) is 11.6 Å². The number of hydrogen-bond donors (Lipinski definition) is 1. The summed E-state index contributed by atoms with van der Waals surface area (Å²) < 4.78 is 5.48. The predicted octanol–water partition coefficient (Wildman–Crippen LogP) is 4.12. The predicted molar refractivity (Wildman–Crippen MR) is 68.9 cm³/mol. The lowest BCUT2D eigenvalue weighted by Gasteiger charge is -2.03. The maximum absolute atomic E-state index is 6.07. The van der Waals surface area contributed by atoms with Gasteiger partial charge in [0.1, 0.15) is 11.5 Å². The van der Waals surface area contributed by atoms with Crippen molar-refractivity contribution in [1.29, 1.82) is 0 Å². The van der Waals surface area contributed by atoms with Gasteiger partial charge in [-0.25, -0.2) is 0 Å². The fraction of sp³-hybridized carbons (Fsp3) is 0.167. The van der Waals surface area contributed by atoms with Crippen LogP contribution < -0.4 is 5.73 Å². The first kappa shape index (κ1) is 11.4. The fourth-order valence-corrected chi connectivity index (χ4v) is 2.51. The number of benzene rings is 1. The summed E-state index contributed by atoms with van der Waals surface area (Å²) in [5, 5.41) is 0.688. The Balaban J connectivity index is 2.04. The van der Waals surface area contributed by atoms with Gasteiger partial charge in [-0.15, -0.1) is 11.8 Å². The van der Waals surface area contributed by atoms with Gasteiger partial charge in [-0.2, -0.15) is 0 Å². The Morgan fingerprint density at radius 1 is 1.31 bits per heavy atom. The van der Waals surface area contributed by atoms with Crippen LogP contribution in [0.5, 0.6) is 0 Å². The van der Waals surface area contributed by atoms with Gasteiger partial charge in [-0.3, -0.25) is 0 Å². The number of halogens is 1. The van der Waals surface area contributed by atoms with Gasteiger partial charge >= 0.3 is 0 Å². The van der Waals surface area contributed by atoms with Gasteiger partial charge in [0.2, 0.25) is 0 Å². The topological polar surface area (TPSA) is 39.2 Å². The van der Waals surface area contributed by atoms with E-state index in [1.165, 1.54) is 0 Å². The quantitative estimate of drug-likeness (QED) is 0.661. The van der Waals surface area contributed by atoms with Crippen LogP contribution in [0.25, 0.3) is 0 Å². The molecule has 0 saturated heterocycles. The molecule has 0 atom stereocenters. The zero-order valence-corrected chi connectivity index (χ0v) is 10.4. The minimum absolute atomic E-state index is 0.684. The minimum atomic E-state index is 0.684. The number of aryl methyl sites for hydroxylation is 1. The molecule has 4 heteroatoms. The standard InChI is InChI=1S/C12H12ClNOS/c1-8-2-4-10(15-8)7-16-12-5-3-9(14)6-11(12)13/h2-6H,7,14H2,1H3. The second-order valence-corrected chi connectivity index (χ2v) is 4.92. The van der Waals surface area contributed by atoms with Crippen LogP contribution in [0.15, 0.2) is 39.6 Å². The van der Waals surface area contributed by atoms with E-state index in [9.17, 15) is 0 Å². The Morgan fingerprint density at radius 3 is 2.75 bits per heavy atom. The molecule has 0 radical (unpaired) electrons. The van der Waals surface area contributed by atoms with Gasteiger partial charge in [0.25, 0.3) is 0 Å². The number of furan rings is 1. The third-order valence-electron chi connectivity index (χ3n) is 2.12. The van der Waals surface area contributed by atoms with Gasteiger partial charge in [-0.05, 0) is 37.3 Å². The summed E-state index contributed by atoms with van der Waals surface area (Å²) in [6.45, 7) is 1.93. The molecule has 0 saturated carbocycles. The molecule has 0 spiro atoms. The lowest BCUT2D eigenvalue weighted by Crippen LogP contribution is -1.85. The SMILES string of the molecule is Cc1ccc(CSc2ccc(N)cc2Cl)o1. The number of nitrogens with two attached hydrogens (primary N) is 1. The highest BCUT2D eigenvalue weighted by Crippen LogP contribution is 2.31. The zero-order chi connectivity index (χ0) is 11.5. The van der Waals surface area contributed by atoms with Gasteiger partial charge < -0.3 is 10.2 Å². The second-order valence-electron chi connectivity index (χ2n) is 3.49. The normalized spacial score (nSPS) is 10.6. The average molecular weight is 254 g/mol. The van der Waals surface area contributed by atoms with Crippen LogP contribution in [-0.2, 0) is 5.75 Å². The van der Waals surface area contributed by atoms with Crippen molar-refractivity contribution in [2.24, 2.45) is 0 Å². The molecule has 2 N–H and O–H groups in total. The average Bonchev–Trinajstić information content (AvgIpc) is 2.63. The number of nitrogen functional groups attached to an aromatic ring is 1. The smallest absolute Gasteiger partial charge is 0.114 e. The molecule has 1 heterocycles. The van der Waals surface area contributed by atoms with Crippen molar-refractivity contribution in [3.63, 3.8) is 0 Å². The highest BCUT2D eigenvalue weighted by Gasteiger charge is 2.04. The summed E-state index contributed by atoms with van der Waals surface area (Å²) in [7, 11) is 0. The van der Waals surface area contributed by atoms with E-state index in [-0.39, 0.29) is 0 Å². The number of rotatable bonds is 3. The van der Waals surface area contributed by atoms with Crippen LogP contribution >= 0.6 is 23.4 Å². The van der Waals surface area contributed by atoms with Crippen LogP contribution in [0, 0.1) is 6.92 Å². The monoisotopic (exact) mass is 253 g/mol. The van der Waals surface area contributed by atoms with Crippen LogP contribution in [-0.4, -0.2) is 0 Å². The fourth-order valence-electron chi connectivity index (χ4n) is 1.35. The highest BCUT2D eigenvalue weighted by atomic mass is 35.5. The van der Waals surface area contributed by atoms with E-state index >= 15 is 0 Å². The van der Waals surface area contributed by atoms with Crippen LogP contribution in [0.4, 0.5) is 5.69 Å². The molecule has 0 aliphatic heterocycles. The Hall–Kier alpha value is -1.06. The lowest BCUT2D eigenvalue weighted by atomic mass is 10.3. The number of anilines is 1. The third-order valence-corrected chi connectivity index (χ3v) is 3.64. The van der Waals surface area contributed by atoms with E-state index in [1.54, 1.807) is 17.8 Å². The van der Waals surface area contributed by atoms with Crippen molar-refractivity contribution >= 4 is 29.1 Å². The van der Waals surface area contributed by atoms with Crippen molar-refractivity contribution in [3.05, 3.63) is 46.9 Å². The Morgan fingerprint density at radius 2 is 2.12 bits per heavy atom. The van der Waals surface area contributed by atoms with Crippen LogP contribution in [0.2, 0.25) is 5.02 Å². The summed E-state index contributed by atoms with van der Waals surface area (Å²) in [5.41, 5.74) is 6.31. The molecule has 0 bridgehead atoms. The molecule has 84 valence electrons.